The van der Waals surface area contributed by atoms with E-state index >= 15 is 0 Å². The van der Waals surface area contributed by atoms with Gasteiger partial charge in [0.15, 0.2) is 23.3 Å². The molecular formula is C16H11ClF3N5. The van der Waals surface area contributed by atoms with Crippen molar-refractivity contribution in [2.24, 2.45) is 0 Å². The van der Waals surface area contributed by atoms with Crippen molar-refractivity contribution in [3.8, 4) is 0 Å². The third-order valence-electron chi connectivity index (χ3n) is 3.29. The second-order valence-electron chi connectivity index (χ2n) is 5.10. The van der Waals surface area contributed by atoms with Gasteiger partial charge in [-0.1, -0.05) is 11.6 Å². The molecule has 3 rings (SSSR count). The van der Waals surface area contributed by atoms with E-state index in [4.69, 9.17) is 11.6 Å². The minimum Gasteiger partial charge on any atom is -0.339 e. The van der Waals surface area contributed by atoms with Gasteiger partial charge in [-0.2, -0.15) is 10.1 Å². The van der Waals surface area contributed by atoms with Crippen molar-refractivity contribution in [2.45, 2.75) is 6.92 Å². The van der Waals surface area contributed by atoms with Crippen LogP contribution in [0, 0.1) is 24.4 Å². The number of benzene rings is 2. The Morgan fingerprint density at radius 2 is 1.72 bits per heavy atom. The first-order valence-corrected chi connectivity index (χ1v) is 7.45. The number of rotatable bonds is 4. The Morgan fingerprint density at radius 3 is 2.48 bits per heavy atom. The summed E-state index contributed by atoms with van der Waals surface area (Å²) in [7, 11) is 0. The molecule has 0 spiro atoms. The second-order valence-corrected chi connectivity index (χ2v) is 5.53. The summed E-state index contributed by atoms with van der Waals surface area (Å²) in [5, 5.41) is 13.5. The van der Waals surface area contributed by atoms with Crippen LogP contribution in [0.2, 0.25) is 5.02 Å². The van der Waals surface area contributed by atoms with Crippen molar-refractivity contribution in [1.29, 1.82) is 0 Å². The zero-order chi connectivity index (χ0) is 18.0. The van der Waals surface area contributed by atoms with Crippen molar-refractivity contribution >= 4 is 34.7 Å². The van der Waals surface area contributed by atoms with E-state index in [0.29, 0.717) is 10.8 Å². The van der Waals surface area contributed by atoms with Gasteiger partial charge < -0.3 is 10.6 Å². The Bertz CT molecular complexity index is 936. The number of aryl methyl sites for hydroxylation is 1. The van der Waals surface area contributed by atoms with Crippen LogP contribution < -0.4 is 10.6 Å². The molecule has 0 saturated carbocycles. The molecule has 5 nitrogen and oxygen atoms in total. The number of hydrogen-bond acceptors (Lipinski definition) is 5. The molecule has 0 radical (unpaired) electrons. The number of hydrogen-bond donors (Lipinski definition) is 2. The lowest BCUT2D eigenvalue weighted by Crippen LogP contribution is -2.05. The molecular weight excluding hydrogens is 355 g/mol. The molecule has 25 heavy (non-hydrogen) atoms. The zero-order valence-electron chi connectivity index (χ0n) is 12.8. The van der Waals surface area contributed by atoms with Crippen LogP contribution in [-0.4, -0.2) is 15.2 Å². The maximum atomic E-state index is 13.7. The van der Waals surface area contributed by atoms with Gasteiger partial charge in [0.1, 0.15) is 0 Å². The van der Waals surface area contributed by atoms with Crippen LogP contribution >= 0.6 is 11.6 Å². The standard InChI is InChI=1S/C16H11ClF3N5/c1-8-6-9(17)2-4-11(8)22-13-7-21-25-16(24-13)23-12-5-3-10(18)14(19)15(12)20/h2-7H,1H3,(H2,22,23,24,25). The molecule has 1 aromatic heterocycles. The summed E-state index contributed by atoms with van der Waals surface area (Å²) >= 11 is 5.91. The molecule has 0 aliphatic heterocycles. The van der Waals surface area contributed by atoms with Crippen LogP contribution in [0.5, 0.6) is 0 Å². The van der Waals surface area contributed by atoms with E-state index in [0.717, 1.165) is 23.4 Å². The normalized spacial score (nSPS) is 10.6. The minimum absolute atomic E-state index is 0.0819. The number of halogens is 4. The topological polar surface area (TPSA) is 62.7 Å². The maximum Gasteiger partial charge on any atom is 0.249 e. The highest BCUT2D eigenvalue weighted by atomic mass is 35.5. The predicted octanol–water partition coefficient (Wildman–Crippen LogP) is 4.74. The first kappa shape index (κ1) is 17.0. The summed E-state index contributed by atoms with van der Waals surface area (Å²) in [6.45, 7) is 1.86. The lowest BCUT2D eigenvalue weighted by molar-refractivity contribution is 0.449. The summed E-state index contributed by atoms with van der Waals surface area (Å²) in [5.74, 6) is -3.98. The SMILES string of the molecule is Cc1cc(Cl)ccc1Nc1cnnc(Nc2ccc(F)c(F)c2F)n1. The molecule has 0 unspecified atom stereocenters. The number of nitrogens with one attached hydrogen (secondary N) is 2. The molecule has 128 valence electrons. The molecule has 2 N–H and O–H groups in total. The highest BCUT2D eigenvalue weighted by Gasteiger charge is 2.14. The van der Waals surface area contributed by atoms with Crippen LogP contribution in [0.3, 0.4) is 0 Å². The van der Waals surface area contributed by atoms with Gasteiger partial charge in [0.25, 0.3) is 0 Å². The van der Waals surface area contributed by atoms with E-state index in [9.17, 15) is 13.2 Å². The molecule has 0 atom stereocenters. The first-order chi connectivity index (χ1) is 11.9. The average molecular weight is 366 g/mol. The third kappa shape index (κ3) is 3.80. The van der Waals surface area contributed by atoms with Crippen LogP contribution in [0.1, 0.15) is 5.56 Å². The van der Waals surface area contributed by atoms with E-state index in [1.54, 1.807) is 18.2 Å². The summed E-state index contributed by atoms with van der Waals surface area (Å²) in [5.41, 5.74) is 1.32. The van der Waals surface area contributed by atoms with Crippen molar-refractivity contribution in [2.75, 3.05) is 10.6 Å². The molecule has 9 heteroatoms. The molecule has 0 bridgehead atoms. The number of aromatic nitrogens is 3. The van der Waals surface area contributed by atoms with Crippen molar-refractivity contribution in [3.63, 3.8) is 0 Å². The van der Waals surface area contributed by atoms with E-state index < -0.39 is 17.5 Å². The quantitative estimate of drug-likeness (QED) is 0.654. The first-order valence-electron chi connectivity index (χ1n) is 7.07. The number of nitrogens with zero attached hydrogens (tertiary/aromatic N) is 3. The largest absolute Gasteiger partial charge is 0.339 e. The highest BCUT2D eigenvalue weighted by molar-refractivity contribution is 6.30. The van der Waals surface area contributed by atoms with Crippen molar-refractivity contribution in [1.82, 2.24) is 15.2 Å². The molecule has 2 aromatic carbocycles. The highest BCUT2D eigenvalue weighted by Crippen LogP contribution is 2.24. The summed E-state index contributed by atoms with van der Waals surface area (Å²) < 4.78 is 39.9. The molecule has 0 aliphatic carbocycles. The summed E-state index contributed by atoms with van der Waals surface area (Å²) in [6.07, 6.45) is 1.36. The Balaban J connectivity index is 1.83. The predicted molar refractivity (Wildman–Crippen MR) is 88.9 cm³/mol. The Hall–Kier alpha value is -2.87. The van der Waals surface area contributed by atoms with Crippen LogP contribution in [0.4, 0.5) is 36.3 Å². The fraction of sp³-hybridized carbons (Fsp3) is 0.0625. The number of anilines is 4. The molecule has 0 aliphatic rings. The van der Waals surface area contributed by atoms with Crippen molar-refractivity contribution < 1.29 is 13.2 Å². The maximum absolute atomic E-state index is 13.7. The Morgan fingerprint density at radius 1 is 0.960 bits per heavy atom. The van der Waals surface area contributed by atoms with E-state index in [-0.39, 0.29) is 11.6 Å². The molecule has 0 amide bonds. The van der Waals surface area contributed by atoms with Crippen LogP contribution in [-0.2, 0) is 0 Å². The monoisotopic (exact) mass is 365 g/mol. The Kier molecular flexibility index (Phi) is 4.71. The molecule has 0 saturated heterocycles. The van der Waals surface area contributed by atoms with Gasteiger partial charge in [-0.25, -0.2) is 13.2 Å². The summed E-state index contributed by atoms with van der Waals surface area (Å²) in [6, 6.07) is 7.09. The van der Waals surface area contributed by atoms with Crippen molar-refractivity contribution in [3.05, 3.63) is 64.6 Å². The molecule has 0 fully saturated rings. The lowest BCUT2D eigenvalue weighted by Gasteiger charge is -2.10. The van der Waals surface area contributed by atoms with Gasteiger partial charge in [-0.05, 0) is 42.8 Å². The van der Waals surface area contributed by atoms with E-state index in [1.807, 2.05) is 6.92 Å². The van der Waals surface area contributed by atoms with Crippen LogP contribution in [0.15, 0.2) is 36.5 Å². The third-order valence-corrected chi connectivity index (χ3v) is 3.53. The van der Waals surface area contributed by atoms with E-state index in [1.165, 1.54) is 6.20 Å². The van der Waals surface area contributed by atoms with Gasteiger partial charge in [0.05, 0.1) is 11.9 Å². The average Bonchev–Trinajstić information content (AvgIpc) is 2.58. The second kappa shape index (κ2) is 6.94. The van der Waals surface area contributed by atoms with Gasteiger partial charge in [-0.15, -0.1) is 5.10 Å². The fourth-order valence-corrected chi connectivity index (χ4v) is 2.29. The van der Waals surface area contributed by atoms with Gasteiger partial charge in [0, 0.05) is 10.7 Å². The molecule has 1 heterocycles. The fourth-order valence-electron chi connectivity index (χ4n) is 2.06. The summed E-state index contributed by atoms with van der Waals surface area (Å²) in [4.78, 5) is 4.11. The van der Waals surface area contributed by atoms with Gasteiger partial charge in [-0.3, -0.25) is 0 Å². The van der Waals surface area contributed by atoms with Gasteiger partial charge in [0.2, 0.25) is 5.95 Å². The Labute approximate surface area is 145 Å². The van der Waals surface area contributed by atoms with E-state index in [2.05, 4.69) is 25.8 Å². The zero-order valence-corrected chi connectivity index (χ0v) is 13.6. The molecule has 3 aromatic rings. The smallest absolute Gasteiger partial charge is 0.249 e. The minimum atomic E-state index is -1.58. The van der Waals surface area contributed by atoms with Gasteiger partial charge >= 0.3 is 0 Å². The lowest BCUT2D eigenvalue weighted by atomic mass is 10.2. The van der Waals surface area contributed by atoms with Crippen LogP contribution in [0.25, 0.3) is 0 Å².